The number of carbonyl (C=O) groups is 2. The molecular formula is C22H28N2O4S. The van der Waals surface area contributed by atoms with E-state index in [9.17, 15) is 9.59 Å². The van der Waals surface area contributed by atoms with Crippen LogP contribution in [0.2, 0.25) is 0 Å². The van der Waals surface area contributed by atoms with Gasteiger partial charge in [0.05, 0.1) is 12.3 Å². The molecule has 1 aromatic carbocycles. The third kappa shape index (κ3) is 5.03. The van der Waals surface area contributed by atoms with Gasteiger partial charge in [-0.2, -0.15) is 0 Å². The van der Waals surface area contributed by atoms with Gasteiger partial charge in [0.25, 0.3) is 0 Å². The van der Waals surface area contributed by atoms with Crippen molar-refractivity contribution >= 4 is 23.3 Å². The quantitative estimate of drug-likeness (QED) is 0.608. The number of aromatic nitrogens is 1. The Morgan fingerprint density at radius 3 is 2.69 bits per heavy atom. The van der Waals surface area contributed by atoms with E-state index < -0.39 is 18.3 Å². The van der Waals surface area contributed by atoms with Crippen LogP contribution in [0, 0.1) is 5.92 Å². The number of cyclic esters (lactones) is 1. The van der Waals surface area contributed by atoms with Crippen LogP contribution < -0.4 is 0 Å². The maximum Gasteiger partial charge on any atom is 0.325 e. The van der Waals surface area contributed by atoms with Crippen molar-refractivity contribution in [1.29, 1.82) is 0 Å². The number of esters is 2. The second-order valence-corrected chi connectivity index (χ2v) is 8.47. The van der Waals surface area contributed by atoms with E-state index in [0.29, 0.717) is 19.4 Å². The van der Waals surface area contributed by atoms with Crippen molar-refractivity contribution in [2.75, 3.05) is 6.61 Å². The molecule has 1 fully saturated rings. The van der Waals surface area contributed by atoms with Crippen LogP contribution in [0.4, 0.5) is 0 Å². The highest BCUT2D eigenvalue weighted by molar-refractivity contribution is 7.13. The summed E-state index contributed by atoms with van der Waals surface area (Å²) in [4.78, 5) is 31.8. The van der Waals surface area contributed by atoms with Crippen molar-refractivity contribution in [3.8, 4) is 10.6 Å². The maximum absolute atomic E-state index is 12.7. The first-order chi connectivity index (χ1) is 13.9. The van der Waals surface area contributed by atoms with E-state index >= 15 is 0 Å². The van der Waals surface area contributed by atoms with E-state index in [1.807, 2.05) is 40.6 Å². The summed E-state index contributed by atoms with van der Waals surface area (Å²) in [5, 5.41) is 2.88. The molecule has 2 aromatic rings. The van der Waals surface area contributed by atoms with Gasteiger partial charge >= 0.3 is 11.9 Å². The third-order valence-electron chi connectivity index (χ3n) is 4.93. The molecule has 6 nitrogen and oxygen atoms in total. The van der Waals surface area contributed by atoms with Gasteiger partial charge in [-0.15, -0.1) is 11.3 Å². The minimum absolute atomic E-state index is 0.275. The van der Waals surface area contributed by atoms with Crippen LogP contribution in [0.1, 0.15) is 39.8 Å². The zero-order chi connectivity index (χ0) is 21.0. The summed E-state index contributed by atoms with van der Waals surface area (Å²) >= 11 is 1.55. The lowest BCUT2D eigenvalue weighted by molar-refractivity contribution is -0.153. The summed E-state index contributed by atoms with van der Waals surface area (Å²) in [5.74, 6) is -0.346. The fourth-order valence-corrected chi connectivity index (χ4v) is 4.52. The third-order valence-corrected chi connectivity index (χ3v) is 5.87. The molecule has 0 aliphatic carbocycles. The summed E-state index contributed by atoms with van der Waals surface area (Å²) in [6.07, 6.45) is 0.524. The van der Waals surface area contributed by atoms with Crippen LogP contribution in [0.15, 0.2) is 35.7 Å². The van der Waals surface area contributed by atoms with E-state index in [1.54, 1.807) is 25.2 Å². The molecule has 2 heterocycles. The second kappa shape index (κ2) is 9.50. The zero-order valence-electron chi connectivity index (χ0n) is 17.3. The van der Waals surface area contributed by atoms with Gasteiger partial charge in [0.2, 0.25) is 0 Å². The largest absolute Gasteiger partial charge is 0.465 e. The van der Waals surface area contributed by atoms with E-state index in [4.69, 9.17) is 14.5 Å². The van der Waals surface area contributed by atoms with Crippen LogP contribution >= 0.6 is 11.3 Å². The van der Waals surface area contributed by atoms with Gasteiger partial charge in [-0.25, -0.2) is 9.88 Å². The van der Waals surface area contributed by atoms with Crippen molar-refractivity contribution < 1.29 is 19.1 Å². The minimum Gasteiger partial charge on any atom is -0.465 e. The molecule has 0 bridgehead atoms. The summed E-state index contributed by atoms with van der Waals surface area (Å²) < 4.78 is 10.8. The van der Waals surface area contributed by atoms with Gasteiger partial charge < -0.3 is 9.47 Å². The molecule has 1 unspecified atom stereocenters. The van der Waals surface area contributed by atoms with Gasteiger partial charge in [0.1, 0.15) is 17.1 Å². The summed E-state index contributed by atoms with van der Waals surface area (Å²) in [6, 6.07) is 8.88. The lowest BCUT2D eigenvalue weighted by atomic mass is 9.99. The molecule has 3 rings (SSSR count). The highest BCUT2D eigenvalue weighted by Gasteiger charge is 2.46. The Bertz CT molecular complexity index is 836. The molecule has 3 atom stereocenters. The number of hydrogen-bond acceptors (Lipinski definition) is 7. The zero-order valence-corrected chi connectivity index (χ0v) is 18.1. The van der Waals surface area contributed by atoms with Crippen molar-refractivity contribution in [3.05, 3.63) is 41.4 Å². The SMILES string of the molecule is CCOC(=O)[C@H](CC(C)C)N1C(C)OC(=O)[C@@H]1Cc1csc(-c2ccccc2)n1. The standard InChI is InChI=1S/C22H28N2O4S/c1-5-27-21(25)18(11-14(2)3)24-15(4)28-22(26)19(24)12-17-13-29-20(23-17)16-9-7-6-8-10-16/h6-10,13-15,18-19H,5,11-12H2,1-4H3/t15?,18-,19-/m0/s1. The van der Waals surface area contributed by atoms with E-state index in [2.05, 4.69) is 13.8 Å². The number of hydrogen-bond donors (Lipinski definition) is 0. The number of thiazole rings is 1. The molecule has 0 spiro atoms. The molecule has 7 heteroatoms. The van der Waals surface area contributed by atoms with Gasteiger partial charge in [-0.05, 0) is 26.2 Å². The summed E-state index contributed by atoms with van der Waals surface area (Å²) in [7, 11) is 0. The van der Waals surface area contributed by atoms with E-state index in [0.717, 1.165) is 16.3 Å². The van der Waals surface area contributed by atoms with Crippen LogP contribution in [-0.2, 0) is 25.5 Å². The van der Waals surface area contributed by atoms with Gasteiger partial charge in [-0.3, -0.25) is 9.59 Å². The number of ether oxygens (including phenoxy) is 2. The van der Waals surface area contributed by atoms with E-state index in [1.165, 1.54) is 0 Å². The second-order valence-electron chi connectivity index (χ2n) is 7.61. The van der Waals surface area contributed by atoms with Gasteiger partial charge in [0, 0.05) is 17.4 Å². The first kappa shape index (κ1) is 21.5. The number of nitrogens with zero attached hydrogens (tertiary/aromatic N) is 2. The van der Waals surface area contributed by atoms with Crippen molar-refractivity contribution in [2.24, 2.45) is 5.92 Å². The summed E-state index contributed by atoms with van der Waals surface area (Å²) in [6.45, 7) is 8.01. The van der Waals surface area contributed by atoms with Gasteiger partial charge in [-0.1, -0.05) is 44.2 Å². The van der Waals surface area contributed by atoms with Crippen molar-refractivity contribution in [2.45, 2.75) is 58.8 Å². The normalized spacial score (nSPS) is 20.7. The average Bonchev–Trinajstić information content (AvgIpc) is 3.26. The van der Waals surface area contributed by atoms with Crippen LogP contribution in [0.25, 0.3) is 10.6 Å². The minimum atomic E-state index is -0.552. The smallest absolute Gasteiger partial charge is 0.325 e. The average molecular weight is 417 g/mol. The topological polar surface area (TPSA) is 68.7 Å². The molecule has 1 aromatic heterocycles. The maximum atomic E-state index is 12.7. The molecule has 156 valence electrons. The molecule has 1 saturated heterocycles. The molecule has 1 aliphatic heterocycles. The molecule has 0 saturated carbocycles. The molecular weight excluding hydrogens is 388 g/mol. The lowest BCUT2D eigenvalue weighted by Gasteiger charge is -2.32. The lowest BCUT2D eigenvalue weighted by Crippen LogP contribution is -2.50. The molecule has 0 N–H and O–H groups in total. The fraction of sp³-hybridized carbons (Fsp3) is 0.500. The Kier molecular flexibility index (Phi) is 7.03. The Hall–Kier alpha value is -2.25. The molecule has 1 aliphatic rings. The Morgan fingerprint density at radius 1 is 1.31 bits per heavy atom. The van der Waals surface area contributed by atoms with Crippen molar-refractivity contribution in [1.82, 2.24) is 9.88 Å². The highest BCUT2D eigenvalue weighted by Crippen LogP contribution is 2.30. The molecule has 0 radical (unpaired) electrons. The Balaban J connectivity index is 1.83. The predicted octanol–water partition coefficient (Wildman–Crippen LogP) is 3.90. The van der Waals surface area contributed by atoms with E-state index in [-0.39, 0.29) is 17.9 Å². The summed E-state index contributed by atoms with van der Waals surface area (Å²) in [5.41, 5.74) is 1.87. The highest BCUT2D eigenvalue weighted by atomic mass is 32.1. The fourth-order valence-electron chi connectivity index (χ4n) is 3.68. The van der Waals surface area contributed by atoms with Crippen LogP contribution in [-0.4, -0.2) is 46.7 Å². The van der Waals surface area contributed by atoms with Crippen molar-refractivity contribution in [3.63, 3.8) is 0 Å². The number of carbonyl (C=O) groups excluding carboxylic acids is 2. The number of rotatable bonds is 8. The Morgan fingerprint density at radius 2 is 2.03 bits per heavy atom. The monoisotopic (exact) mass is 416 g/mol. The first-order valence-corrected chi connectivity index (χ1v) is 10.9. The van der Waals surface area contributed by atoms with Crippen LogP contribution in [0.5, 0.6) is 0 Å². The predicted molar refractivity (Wildman–Crippen MR) is 112 cm³/mol. The van der Waals surface area contributed by atoms with Gasteiger partial charge in [0.15, 0.2) is 6.23 Å². The first-order valence-electron chi connectivity index (χ1n) is 10.0. The Labute approximate surface area is 175 Å². The number of benzene rings is 1. The molecule has 29 heavy (non-hydrogen) atoms. The van der Waals surface area contributed by atoms with Crippen LogP contribution in [0.3, 0.4) is 0 Å². The molecule has 0 amide bonds.